The van der Waals surface area contributed by atoms with Gasteiger partial charge in [0, 0.05) is 11.3 Å². The molecule has 0 unspecified atom stereocenters. The number of amides is 1. The zero-order chi connectivity index (χ0) is 17.6. The molecule has 0 saturated heterocycles. The van der Waals surface area contributed by atoms with Crippen LogP contribution in [0.3, 0.4) is 0 Å². The van der Waals surface area contributed by atoms with Crippen LogP contribution in [0.4, 0.5) is 10.1 Å². The first-order valence-corrected chi connectivity index (χ1v) is 7.84. The molecule has 0 radical (unpaired) electrons. The fourth-order valence-electron chi connectivity index (χ4n) is 2.52. The Morgan fingerprint density at radius 3 is 2.24 bits per heavy atom. The van der Waals surface area contributed by atoms with E-state index in [0.29, 0.717) is 12.0 Å². The van der Waals surface area contributed by atoms with Gasteiger partial charge in [0.1, 0.15) is 12.1 Å². The van der Waals surface area contributed by atoms with Crippen molar-refractivity contribution in [3.05, 3.63) is 101 Å². The molecule has 124 valence electrons. The molecule has 0 bridgehead atoms. The maximum Gasteiger partial charge on any atom is 0.258 e. The summed E-state index contributed by atoms with van der Waals surface area (Å²) < 4.78 is 13.9. The Kier molecular flexibility index (Phi) is 5.00. The number of halogens is 1. The number of hydrogen-bond acceptors (Lipinski definition) is 2. The molecule has 3 nitrogen and oxygen atoms in total. The van der Waals surface area contributed by atoms with Gasteiger partial charge in [-0.25, -0.2) is 4.39 Å². The SMILES string of the molecule is O=Cc1ccc(C(=O)Nc2ccc(Cc3ccccc3)cc2)c(F)c1. The quantitative estimate of drug-likeness (QED) is 0.700. The van der Waals surface area contributed by atoms with Gasteiger partial charge in [0.2, 0.25) is 0 Å². The summed E-state index contributed by atoms with van der Waals surface area (Å²) in [5.41, 5.74) is 3.00. The van der Waals surface area contributed by atoms with Crippen molar-refractivity contribution < 1.29 is 14.0 Å². The van der Waals surface area contributed by atoms with Gasteiger partial charge in [0.05, 0.1) is 5.56 Å². The number of anilines is 1. The number of nitrogens with one attached hydrogen (secondary N) is 1. The summed E-state index contributed by atoms with van der Waals surface area (Å²) in [4.78, 5) is 22.8. The second-order valence-electron chi connectivity index (χ2n) is 5.67. The fourth-order valence-corrected chi connectivity index (χ4v) is 2.52. The van der Waals surface area contributed by atoms with E-state index in [1.165, 1.54) is 17.7 Å². The van der Waals surface area contributed by atoms with Gasteiger partial charge < -0.3 is 5.32 Å². The van der Waals surface area contributed by atoms with E-state index in [1.807, 2.05) is 30.3 Å². The second-order valence-corrected chi connectivity index (χ2v) is 5.67. The predicted molar refractivity (Wildman–Crippen MR) is 95.4 cm³/mol. The topological polar surface area (TPSA) is 46.2 Å². The molecule has 0 aliphatic carbocycles. The van der Waals surface area contributed by atoms with E-state index in [4.69, 9.17) is 0 Å². The van der Waals surface area contributed by atoms with E-state index in [9.17, 15) is 14.0 Å². The van der Waals surface area contributed by atoms with Gasteiger partial charge in [0.25, 0.3) is 5.91 Å². The average Bonchev–Trinajstić information content (AvgIpc) is 2.64. The monoisotopic (exact) mass is 333 g/mol. The molecule has 0 spiro atoms. The van der Waals surface area contributed by atoms with Gasteiger partial charge in [-0.3, -0.25) is 9.59 Å². The molecule has 0 atom stereocenters. The van der Waals surface area contributed by atoms with Crippen LogP contribution in [-0.4, -0.2) is 12.2 Å². The lowest BCUT2D eigenvalue weighted by Crippen LogP contribution is -2.14. The lowest BCUT2D eigenvalue weighted by Gasteiger charge is -2.08. The third kappa shape index (κ3) is 4.18. The number of benzene rings is 3. The molecule has 1 amide bonds. The number of hydrogen-bond donors (Lipinski definition) is 1. The van der Waals surface area contributed by atoms with E-state index in [2.05, 4.69) is 17.4 Å². The molecule has 25 heavy (non-hydrogen) atoms. The third-order valence-corrected chi connectivity index (χ3v) is 3.84. The van der Waals surface area contributed by atoms with Crippen LogP contribution in [0.5, 0.6) is 0 Å². The van der Waals surface area contributed by atoms with Gasteiger partial charge in [-0.05, 0) is 41.8 Å². The molecule has 3 aromatic rings. The molecule has 0 aliphatic rings. The van der Waals surface area contributed by atoms with Gasteiger partial charge in [-0.1, -0.05) is 48.5 Å². The zero-order valence-electron chi connectivity index (χ0n) is 13.4. The van der Waals surface area contributed by atoms with Crippen LogP contribution in [0.15, 0.2) is 72.8 Å². The Balaban J connectivity index is 1.69. The van der Waals surface area contributed by atoms with Crippen molar-refractivity contribution in [2.24, 2.45) is 0 Å². The minimum absolute atomic E-state index is 0.0982. The van der Waals surface area contributed by atoms with Gasteiger partial charge >= 0.3 is 0 Å². The Morgan fingerprint density at radius 2 is 1.60 bits per heavy atom. The first kappa shape index (κ1) is 16.6. The van der Waals surface area contributed by atoms with Crippen molar-refractivity contribution in [1.82, 2.24) is 0 Å². The van der Waals surface area contributed by atoms with Crippen LogP contribution in [-0.2, 0) is 6.42 Å². The van der Waals surface area contributed by atoms with Crippen molar-refractivity contribution in [2.45, 2.75) is 6.42 Å². The summed E-state index contributed by atoms with van der Waals surface area (Å²) in [6, 6.07) is 21.3. The van der Waals surface area contributed by atoms with Crippen molar-refractivity contribution in [1.29, 1.82) is 0 Å². The highest BCUT2D eigenvalue weighted by atomic mass is 19.1. The van der Waals surface area contributed by atoms with E-state index in [-0.39, 0.29) is 11.1 Å². The van der Waals surface area contributed by atoms with E-state index in [1.54, 1.807) is 12.1 Å². The Hall–Kier alpha value is -3.27. The highest BCUT2D eigenvalue weighted by molar-refractivity contribution is 6.04. The second kappa shape index (κ2) is 7.53. The molecule has 0 saturated carbocycles. The highest BCUT2D eigenvalue weighted by Gasteiger charge is 2.12. The first-order valence-electron chi connectivity index (χ1n) is 7.84. The van der Waals surface area contributed by atoms with Crippen molar-refractivity contribution >= 4 is 17.9 Å². The largest absolute Gasteiger partial charge is 0.322 e. The van der Waals surface area contributed by atoms with E-state index < -0.39 is 11.7 Å². The summed E-state index contributed by atoms with van der Waals surface area (Å²) in [7, 11) is 0. The van der Waals surface area contributed by atoms with E-state index >= 15 is 0 Å². The summed E-state index contributed by atoms with van der Waals surface area (Å²) in [6.45, 7) is 0. The fraction of sp³-hybridized carbons (Fsp3) is 0.0476. The molecule has 3 rings (SSSR count). The zero-order valence-corrected chi connectivity index (χ0v) is 13.4. The summed E-state index contributed by atoms with van der Waals surface area (Å²) in [5.74, 6) is -1.27. The van der Waals surface area contributed by atoms with Crippen molar-refractivity contribution in [2.75, 3.05) is 5.32 Å². The molecular formula is C21H16FNO2. The van der Waals surface area contributed by atoms with Crippen LogP contribution in [0.25, 0.3) is 0 Å². The average molecular weight is 333 g/mol. The molecule has 0 aliphatic heterocycles. The van der Waals surface area contributed by atoms with Crippen molar-refractivity contribution in [3.63, 3.8) is 0 Å². The lowest BCUT2D eigenvalue weighted by atomic mass is 10.0. The van der Waals surface area contributed by atoms with Gasteiger partial charge in [0.15, 0.2) is 0 Å². The van der Waals surface area contributed by atoms with Crippen molar-refractivity contribution in [3.8, 4) is 0 Å². The minimum atomic E-state index is -0.720. The predicted octanol–water partition coefficient (Wildman–Crippen LogP) is 4.48. The van der Waals surface area contributed by atoms with Crippen LogP contribution in [0.2, 0.25) is 0 Å². The van der Waals surface area contributed by atoms with Crippen LogP contribution < -0.4 is 5.32 Å². The van der Waals surface area contributed by atoms with Gasteiger partial charge in [-0.2, -0.15) is 0 Å². The Morgan fingerprint density at radius 1 is 0.920 bits per heavy atom. The molecule has 1 N–H and O–H groups in total. The number of rotatable bonds is 5. The number of carbonyl (C=O) groups excluding carboxylic acids is 2. The Bertz CT molecular complexity index is 890. The maximum absolute atomic E-state index is 13.9. The smallest absolute Gasteiger partial charge is 0.258 e. The Labute approximate surface area is 145 Å². The molecular weight excluding hydrogens is 317 g/mol. The minimum Gasteiger partial charge on any atom is -0.322 e. The first-order chi connectivity index (χ1) is 12.2. The molecule has 0 fully saturated rings. The standard InChI is InChI=1S/C21H16FNO2/c22-20-13-17(14-24)8-11-19(20)21(25)23-18-9-6-16(7-10-18)12-15-4-2-1-3-5-15/h1-11,13-14H,12H2,(H,23,25). The molecule has 0 heterocycles. The summed E-state index contributed by atoms with van der Waals surface area (Å²) in [6.07, 6.45) is 1.34. The van der Waals surface area contributed by atoms with Crippen LogP contribution in [0.1, 0.15) is 31.8 Å². The lowest BCUT2D eigenvalue weighted by molar-refractivity contribution is 0.102. The summed E-state index contributed by atoms with van der Waals surface area (Å²) in [5, 5.41) is 2.66. The summed E-state index contributed by atoms with van der Waals surface area (Å²) >= 11 is 0. The van der Waals surface area contributed by atoms with Crippen LogP contribution >= 0.6 is 0 Å². The normalized spacial score (nSPS) is 10.3. The maximum atomic E-state index is 13.9. The molecule has 0 aromatic heterocycles. The van der Waals surface area contributed by atoms with Gasteiger partial charge in [-0.15, -0.1) is 0 Å². The van der Waals surface area contributed by atoms with Crippen LogP contribution in [0, 0.1) is 5.82 Å². The molecule has 4 heteroatoms. The van der Waals surface area contributed by atoms with E-state index in [0.717, 1.165) is 18.1 Å². The number of carbonyl (C=O) groups is 2. The number of aldehydes is 1. The molecule has 3 aromatic carbocycles. The highest BCUT2D eigenvalue weighted by Crippen LogP contribution is 2.16. The third-order valence-electron chi connectivity index (χ3n) is 3.84.